The Bertz CT molecular complexity index is 442. The lowest BCUT2D eigenvalue weighted by Crippen LogP contribution is -2.56. The van der Waals surface area contributed by atoms with Gasteiger partial charge in [-0.3, -0.25) is 4.79 Å². The van der Waals surface area contributed by atoms with E-state index in [2.05, 4.69) is 5.32 Å². The summed E-state index contributed by atoms with van der Waals surface area (Å²) in [6.07, 6.45) is -0.877. The van der Waals surface area contributed by atoms with Gasteiger partial charge in [0.05, 0.1) is 5.41 Å². The summed E-state index contributed by atoms with van der Waals surface area (Å²) >= 11 is 0. The number of alkyl carbamates (subject to hydrolysis) is 1. The maximum absolute atomic E-state index is 12.3. The molecule has 1 amide bonds. The second-order valence-corrected chi connectivity index (χ2v) is 7.64. The smallest absolute Gasteiger partial charge is 0.408 e. The van der Waals surface area contributed by atoms with Crippen LogP contribution in [0.5, 0.6) is 0 Å². The van der Waals surface area contributed by atoms with Gasteiger partial charge in [0.1, 0.15) is 17.2 Å². The van der Waals surface area contributed by atoms with Gasteiger partial charge in [0, 0.05) is 0 Å². The van der Waals surface area contributed by atoms with Gasteiger partial charge in [-0.15, -0.1) is 0 Å². The van der Waals surface area contributed by atoms with E-state index in [1.165, 1.54) is 13.8 Å². The van der Waals surface area contributed by atoms with E-state index in [0.29, 0.717) is 0 Å². The van der Waals surface area contributed by atoms with Gasteiger partial charge in [-0.25, -0.2) is 9.59 Å². The molecular weight excluding hydrogens is 290 g/mol. The molecule has 0 saturated carbocycles. The van der Waals surface area contributed by atoms with Gasteiger partial charge >= 0.3 is 18.0 Å². The van der Waals surface area contributed by atoms with Crippen LogP contribution in [-0.2, 0) is 19.1 Å². The highest BCUT2D eigenvalue weighted by Crippen LogP contribution is 2.24. The van der Waals surface area contributed by atoms with Crippen molar-refractivity contribution in [2.24, 2.45) is 5.41 Å². The lowest BCUT2D eigenvalue weighted by molar-refractivity contribution is -0.167. The Morgan fingerprint density at radius 2 is 1.27 bits per heavy atom. The fourth-order valence-electron chi connectivity index (χ4n) is 1.44. The number of rotatable bonds is 4. The molecule has 0 radical (unpaired) electrons. The molecular formula is C15H27NO6. The Morgan fingerprint density at radius 1 is 0.864 bits per heavy atom. The molecule has 0 aliphatic carbocycles. The zero-order chi connectivity index (χ0) is 17.9. The molecule has 0 aliphatic heterocycles. The van der Waals surface area contributed by atoms with Gasteiger partial charge in [-0.05, 0) is 55.4 Å². The van der Waals surface area contributed by atoms with E-state index < -0.39 is 40.7 Å². The number of aliphatic carboxylic acids is 1. The Hall–Kier alpha value is -1.79. The SMILES string of the molecule is CC(C)(C)OC(=O)NC(C(=O)OC(C)(C)C)C(C)(C)C(=O)O. The van der Waals surface area contributed by atoms with E-state index in [9.17, 15) is 19.5 Å². The maximum atomic E-state index is 12.3. The number of hydrogen-bond donors (Lipinski definition) is 2. The van der Waals surface area contributed by atoms with Crippen molar-refractivity contribution < 1.29 is 29.0 Å². The molecule has 0 spiro atoms. The molecule has 0 aliphatic rings. The predicted molar refractivity (Wildman–Crippen MR) is 80.4 cm³/mol. The second-order valence-electron chi connectivity index (χ2n) is 7.64. The summed E-state index contributed by atoms with van der Waals surface area (Å²) in [5, 5.41) is 11.6. The third-order valence-electron chi connectivity index (χ3n) is 2.58. The number of carbonyl (C=O) groups excluding carboxylic acids is 2. The quantitative estimate of drug-likeness (QED) is 0.772. The fourth-order valence-corrected chi connectivity index (χ4v) is 1.44. The zero-order valence-corrected chi connectivity index (χ0v) is 14.6. The number of carbonyl (C=O) groups is 3. The Balaban J connectivity index is 5.33. The first kappa shape index (κ1) is 20.2. The van der Waals surface area contributed by atoms with Crippen LogP contribution in [0.3, 0.4) is 0 Å². The van der Waals surface area contributed by atoms with Crippen molar-refractivity contribution in [1.82, 2.24) is 5.32 Å². The highest BCUT2D eigenvalue weighted by molar-refractivity contribution is 5.89. The van der Waals surface area contributed by atoms with Gasteiger partial charge < -0.3 is 19.9 Å². The minimum absolute atomic E-state index is 0.768. The van der Waals surface area contributed by atoms with Crippen molar-refractivity contribution in [3.05, 3.63) is 0 Å². The molecule has 1 unspecified atom stereocenters. The van der Waals surface area contributed by atoms with Crippen molar-refractivity contribution in [3.63, 3.8) is 0 Å². The summed E-state index contributed by atoms with van der Waals surface area (Å²) in [5.74, 6) is -2.06. The van der Waals surface area contributed by atoms with Crippen LogP contribution in [-0.4, -0.2) is 40.4 Å². The van der Waals surface area contributed by atoms with Crippen molar-refractivity contribution in [1.29, 1.82) is 0 Å². The summed E-state index contributed by atoms with van der Waals surface area (Å²) in [6, 6.07) is -1.38. The van der Waals surface area contributed by atoms with E-state index >= 15 is 0 Å². The van der Waals surface area contributed by atoms with Crippen LogP contribution in [0.15, 0.2) is 0 Å². The molecule has 0 rings (SSSR count). The van der Waals surface area contributed by atoms with Crippen molar-refractivity contribution in [3.8, 4) is 0 Å². The van der Waals surface area contributed by atoms with E-state index in [0.717, 1.165) is 0 Å². The average Bonchev–Trinajstić information content (AvgIpc) is 2.20. The number of esters is 1. The summed E-state index contributed by atoms with van der Waals surface area (Å²) < 4.78 is 10.3. The minimum Gasteiger partial charge on any atom is -0.481 e. The highest BCUT2D eigenvalue weighted by atomic mass is 16.6. The first-order valence-electron chi connectivity index (χ1n) is 7.02. The van der Waals surface area contributed by atoms with Gasteiger partial charge in [0.25, 0.3) is 0 Å². The van der Waals surface area contributed by atoms with E-state index in [4.69, 9.17) is 9.47 Å². The maximum Gasteiger partial charge on any atom is 0.408 e. The van der Waals surface area contributed by atoms with E-state index in [-0.39, 0.29) is 0 Å². The fraction of sp³-hybridized carbons (Fsp3) is 0.800. The molecule has 7 nitrogen and oxygen atoms in total. The lowest BCUT2D eigenvalue weighted by Gasteiger charge is -2.32. The van der Waals surface area contributed by atoms with Crippen LogP contribution in [0.25, 0.3) is 0 Å². The second kappa shape index (κ2) is 6.54. The molecule has 0 aromatic heterocycles. The molecule has 1 atom stereocenters. The summed E-state index contributed by atoms with van der Waals surface area (Å²) in [5.41, 5.74) is -3.13. The van der Waals surface area contributed by atoms with Crippen LogP contribution in [0.4, 0.5) is 4.79 Å². The largest absolute Gasteiger partial charge is 0.481 e. The lowest BCUT2D eigenvalue weighted by atomic mass is 9.84. The van der Waals surface area contributed by atoms with E-state index in [1.807, 2.05) is 0 Å². The van der Waals surface area contributed by atoms with Crippen molar-refractivity contribution in [2.45, 2.75) is 72.6 Å². The normalized spacial score (nSPS) is 14.0. The number of amides is 1. The van der Waals surface area contributed by atoms with Gasteiger partial charge in [-0.1, -0.05) is 0 Å². The summed E-state index contributed by atoms with van der Waals surface area (Å²) in [7, 11) is 0. The van der Waals surface area contributed by atoms with Crippen LogP contribution in [0, 0.1) is 5.41 Å². The third kappa shape index (κ3) is 6.78. The van der Waals surface area contributed by atoms with Crippen LogP contribution in [0.2, 0.25) is 0 Å². The Morgan fingerprint density at radius 3 is 1.59 bits per heavy atom. The first-order chi connectivity index (χ1) is 9.56. The van der Waals surface area contributed by atoms with Crippen LogP contribution in [0.1, 0.15) is 55.4 Å². The molecule has 2 N–H and O–H groups in total. The molecule has 7 heteroatoms. The standard InChI is InChI=1S/C15H27NO6/c1-13(2,3)21-10(17)9(15(7,8)11(18)19)16-12(20)22-14(4,5)6/h9H,1-8H3,(H,16,20)(H,18,19). The molecule has 22 heavy (non-hydrogen) atoms. The third-order valence-corrected chi connectivity index (χ3v) is 2.58. The molecule has 0 heterocycles. The van der Waals surface area contributed by atoms with Gasteiger partial charge in [0.15, 0.2) is 0 Å². The summed E-state index contributed by atoms with van der Waals surface area (Å²) in [4.78, 5) is 35.5. The molecule has 0 aromatic rings. The number of carboxylic acid groups (broad SMARTS) is 1. The Kier molecular flexibility index (Phi) is 6.01. The molecule has 0 saturated heterocycles. The molecule has 0 aromatic carbocycles. The van der Waals surface area contributed by atoms with Crippen LogP contribution < -0.4 is 5.32 Å². The number of carboxylic acids is 1. The van der Waals surface area contributed by atoms with E-state index in [1.54, 1.807) is 41.5 Å². The summed E-state index contributed by atoms with van der Waals surface area (Å²) in [6.45, 7) is 12.6. The highest BCUT2D eigenvalue weighted by Gasteiger charge is 2.45. The van der Waals surface area contributed by atoms with Crippen molar-refractivity contribution in [2.75, 3.05) is 0 Å². The average molecular weight is 317 g/mol. The number of hydrogen-bond acceptors (Lipinski definition) is 5. The molecule has 0 bridgehead atoms. The minimum atomic E-state index is -1.56. The molecule has 0 fully saturated rings. The zero-order valence-electron chi connectivity index (χ0n) is 14.6. The van der Waals surface area contributed by atoms with Crippen LogP contribution >= 0.6 is 0 Å². The van der Waals surface area contributed by atoms with Crippen molar-refractivity contribution >= 4 is 18.0 Å². The molecule has 128 valence electrons. The number of nitrogens with one attached hydrogen (secondary N) is 1. The first-order valence-corrected chi connectivity index (χ1v) is 7.02. The monoisotopic (exact) mass is 317 g/mol. The topological polar surface area (TPSA) is 102 Å². The van der Waals surface area contributed by atoms with Gasteiger partial charge in [0.2, 0.25) is 0 Å². The predicted octanol–water partition coefficient (Wildman–Crippen LogP) is 2.33. The Labute approximate surface area is 131 Å². The van der Waals surface area contributed by atoms with Gasteiger partial charge in [-0.2, -0.15) is 0 Å². The number of ether oxygens (including phenoxy) is 2.